The van der Waals surface area contributed by atoms with Crippen LogP contribution < -0.4 is 24.8 Å². The van der Waals surface area contributed by atoms with Gasteiger partial charge in [0.15, 0.2) is 17.5 Å². The van der Waals surface area contributed by atoms with E-state index in [4.69, 9.17) is 14.2 Å². The molecule has 0 saturated carbocycles. The molecule has 6 nitrogen and oxygen atoms in total. The number of nitrogens with zero attached hydrogens (tertiary/aromatic N) is 1. The summed E-state index contributed by atoms with van der Waals surface area (Å²) in [5.41, 5.74) is 2.11. The van der Waals surface area contributed by atoms with Crippen LogP contribution in [0.4, 0.5) is 0 Å². The summed E-state index contributed by atoms with van der Waals surface area (Å²) in [6, 6.07) is 13.7. The zero-order chi connectivity index (χ0) is 18.8. The van der Waals surface area contributed by atoms with Crippen LogP contribution in [0.25, 0.3) is 0 Å². The number of aliphatic imine (C=N–C) groups is 1. The molecule has 0 bridgehead atoms. The number of methoxy groups -OCH3 is 3. The molecule has 2 aromatic carbocycles. The lowest BCUT2D eigenvalue weighted by molar-refractivity contribution is 0.351. The van der Waals surface area contributed by atoms with Gasteiger partial charge in [0, 0.05) is 18.7 Å². The first-order valence-corrected chi connectivity index (χ1v) is 8.56. The van der Waals surface area contributed by atoms with Crippen LogP contribution >= 0.6 is 0 Å². The summed E-state index contributed by atoms with van der Waals surface area (Å²) >= 11 is 0. The topological polar surface area (TPSA) is 64.1 Å². The summed E-state index contributed by atoms with van der Waals surface area (Å²) in [7, 11) is 4.94. The van der Waals surface area contributed by atoms with E-state index in [1.165, 1.54) is 0 Å². The van der Waals surface area contributed by atoms with E-state index in [0.717, 1.165) is 35.1 Å². The molecular weight excluding hydrogens is 330 g/mol. The Morgan fingerprint density at radius 2 is 1.69 bits per heavy atom. The van der Waals surface area contributed by atoms with Gasteiger partial charge in [-0.3, -0.25) is 0 Å². The Bertz CT molecular complexity index is 715. The van der Waals surface area contributed by atoms with Gasteiger partial charge in [-0.1, -0.05) is 24.3 Å². The molecule has 0 saturated heterocycles. The number of para-hydroxylation sites is 1. The van der Waals surface area contributed by atoms with Gasteiger partial charge >= 0.3 is 0 Å². The number of ether oxygens (including phenoxy) is 3. The Labute approximate surface area is 155 Å². The third kappa shape index (κ3) is 5.31. The van der Waals surface area contributed by atoms with Crippen molar-refractivity contribution in [3.8, 4) is 17.2 Å². The van der Waals surface area contributed by atoms with Gasteiger partial charge in [0.1, 0.15) is 5.75 Å². The second-order valence-corrected chi connectivity index (χ2v) is 5.55. The van der Waals surface area contributed by atoms with Crippen molar-refractivity contribution in [3.05, 3.63) is 53.6 Å². The van der Waals surface area contributed by atoms with Crippen LogP contribution in [-0.4, -0.2) is 33.8 Å². The standard InChI is InChI=1S/C20H27N3O3/c1-5-21-20(22-13-15-9-11-17(24-2)12-10-15)23-14-16-7-6-8-18(25-3)19(16)26-4/h6-12H,5,13-14H2,1-4H3,(H2,21,22,23). The lowest BCUT2D eigenvalue weighted by Gasteiger charge is -2.15. The highest BCUT2D eigenvalue weighted by atomic mass is 16.5. The zero-order valence-corrected chi connectivity index (χ0v) is 15.8. The average molecular weight is 357 g/mol. The molecule has 2 rings (SSSR count). The molecule has 0 spiro atoms. The lowest BCUT2D eigenvalue weighted by atomic mass is 10.2. The van der Waals surface area contributed by atoms with E-state index in [1.807, 2.05) is 49.4 Å². The smallest absolute Gasteiger partial charge is 0.191 e. The van der Waals surface area contributed by atoms with Crippen LogP contribution in [-0.2, 0) is 13.1 Å². The maximum absolute atomic E-state index is 5.47. The van der Waals surface area contributed by atoms with Crippen molar-refractivity contribution >= 4 is 5.96 Å². The number of hydrogen-bond donors (Lipinski definition) is 2. The summed E-state index contributed by atoms with van der Waals surface area (Å²) in [6.45, 7) is 3.98. The Balaban J connectivity index is 2.05. The van der Waals surface area contributed by atoms with Gasteiger partial charge in [0.2, 0.25) is 0 Å². The Morgan fingerprint density at radius 1 is 0.923 bits per heavy atom. The highest BCUT2D eigenvalue weighted by Gasteiger charge is 2.09. The molecule has 0 aliphatic heterocycles. The summed E-state index contributed by atoms with van der Waals surface area (Å²) < 4.78 is 16.0. The molecule has 2 aromatic rings. The fourth-order valence-electron chi connectivity index (χ4n) is 2.51. The van der Waals surface area contributed by atoms with Crippen molar-refractivity contribution < 1.29 is 14.2 Å². The number of rotatable bonds is 8. The van der Waals surface area contributed by atoms with Gasteiger partial charge < -0.3 is 24.8 Å². The molecular formula is C20H27N3O3. The Morgan fingerprint density at radius 3 is 2.31 bits per heavy atom. The van der Waals surface area contributed by atoms with E-state index in [-0.39, 0.29) is 0 Å². The van der Waals surface area contributed by atoms with Gasteiger partial charge in [-0.15, -0.1) is 0 Å². The molecule has 6 heteroatoms. The highest BCUT2D eigenvalue weighted by Crippen LogP contribution is 2.30. The van der Waals surface area contributed by atoms with Crippen LogP contribution in [0.5, 0.6) is 17.2 Å². The van der Waals surface area contributed by atoms with E-state index in [9.17, 15) is 0 Å². The van der Waals surface area contributed by atoms with E-state index < -0.39 is 0 Å². The van der Waals surface area contributed by atoms with Crippen molar-refractivity contribution in [2.24, 2.45) is 4.99 Å². The van der Waals surface area contributed by atoms with E-state index in [1.54, 1.807) is 21.3 Å². The van der Waals surface area contributed by atoms with Gasteiger partial charge in [-0.05, 0) is 30.7 Å². The van der Waals surface area contributed by atoms with Crippen molar-refractivity contribution in [3.63, 3.8) is 0 Å². The van der Waals surface area contributed by atoms with Crippen molar-refractivity contribution in [2.45, 2.75) is 20.0 Å². The van der Waals surface area contributed by atoms with Gasteiger partial charge in [0.25, 0.3) is 0 Å². The maximum Gasteiger partial charge on any atom is 0.191 e. The Kier molecular flexibility index (Phi) is 7.61. The molecule has 26 heavy (non-hydrogen) atoms. The number of nitrogens with one attached hydrogen (secondary N) is 2. The van der Waals surface area contributed by atoms with E-state index >= 15 is 0 Å². The average Bonchev–Trinajstić information content (AvgIpc) is 2.69. The summed E-state index contributed by atoms with van der Waals surface area (Å²) in [5.74, 6) is 3.03. The molecule has 2 N–H and O–H groups in total. The third-order valence-corrected chi connectivity index (χ3v) is 3.85. The van der Waals surface area contributed by atoms with Crippen LogP contribution in [0.2, 0.25) is 0 Å². The number of hydrogen-bond acceptors (Lipinski definition) is 4. The quantitative estimate of drug-likeness (QED) is 0.562. The predicted octanol–water partition coefficient (Wildman–Crippen LogP) is 2.97. The highest BCUT2D eigenvalue weighted by molar-refractivity contribution is 5.79. The minimum absolute atomic E-state index is 0.578. The molecule has 0 atom stereocenters. The minimum atomic E-state index is 0.578. The molecule has 0 fully saturated rings. The summed E-state index contributed by atoms with van der Waals surface area (Å²) in [6.07, 6.45) is 0. The van der Waals surface area contributed by atoms with E-state index in [0.29, 0.717) is 18.8 Å². The largest absolute Gasteiger partial charge is 0.497 e. The first-order chi connectivity index (χ1) is 12.7. The number of benzene rings is 2. The normalized spacial score (nSPS) is 11.0. The fraction of sp³-hybridized carbons (Fsp3) is 0.350. The molecule has 0 aliphatic carbocycles. The first kappa shape index (κ1) is 19.4. The second-order valence-electron chi connectivity index (χ2n) is 5.55. The van der Waals surface area contributed by atoms with Crippen molar-refractivity contribution in [1.82, 2.24) is 10.6 Å². The van der Waals surface area contributed by atoms with Crippen LogP contribution in [0.1, 0.15) is 18.1 Å². The monoisotopic (exact) mass is 357 g/mol. The molecule has 140 valence electrons. The van der Waals surface area contributed by atoms with Crippen LogP contribution in [0.15, 0.2) is 47.5 Å². The van der Waals surface area contributed by atoms with Crippen molar-refractivity contribution in [1.29, 1.82) is 0 Å². The molecule has 0 unspecified atom stereocenters. The summed E-state index contributed by atoms with van der Waals surface area (Å²) in [5, 5.41) is 6.59. The molecule has 0 aromatic heterocycles. The minimum Gasteiger partial charge on any atom is -0.497 e. The van der Waals surface area contributed by atoms with Crippen molar-refractivity contribution in [2.75, 3.05) is 27.9 Å². The zero-order valence-electron chi connectivity index (χ0n) is 15.8. The molecule has 0 radical (unpaired) electrons. The first-order valence-electron chi connectivity index (χ1n) is 8.56. The number of guanidine groups is 1. The van der Waals surface area contributed by atoms with Gasteiger partial charge in [-0.25, -0.2) is 4.99 Å². The predicted molar refractivity (Wildman–Crippen MR) is 104 cm³/mol. The lowest BCUT2D eigenvalue weighted by Crippen LogP contribution is -2.36. The van der Waals surface area contributed by atoms with Crippen LogP contribution in [0.3, 0.4) is 0 Å². The maximum atomic E-state index is 5.47. The van der Waals surface area contributed by atoms with Gasteiger partial charge in [0.05, 0.1) is 27.9 Å². The second kappa shape index (κ2) is 10.2. The van der Waals surface area contributed by atoms with Crippen LogP contribution in [0, 0.1) is 0 Å². The SMILES string of the molecule is CCNC(=NCc1ccc(OC)cc1)NCc1cccc(OC)c1OC. The molecule has 0 amide bonds. The third-order valence-electron chi connectivity index (χ3n) is 3.85. The van der Waals surface area contributed by atoms with E-state index in [2.05, 4.69) is 15.6 Å². The molecule has 0 heterocycles. The summed E-state index contributed by atoms with van der Waals surface area (Å²) in [4.78, 5) is 4.63. The van der Waals surface area contributed by atoms with Gasteiger partial charge in [-0.2, -0.15) is 0 Å². The fourth-order valence-corrected chi connectivity index (χ4v) is 2.51. The molecule has 0 aliphatic rings. The Hall–Kier alpha value is -2.89.